The van der Waals surface area contributed by atoms with Gasteiger partial charge in [0.1, 0.15) is 6.20 Å². The van der Waals surface area contributed by atoms with E-state index in [2.05, 4.69) is 10.1 Å². The predicted molar refractivity (Wildman–Crippen MR) is 65.5 cm³/mol. The van der Waals surface area contributed by atoms with Crippen molar-refractivity contribution in [3.05, 3.63) is 58.9 Å². The van der Waals surface area contributed by atoms with Crippen LogP contribution in [0.15, 0.2) is 48.8 Å². The van der Waals surface area contributed by atoms with E-state index in [1.165, 1.54) is 12.3 Å². The molecule has 88 valence electrons. The van der Waals surface area contributed by atoms with Crippen molar-refractivity contribution in [3.63, 3.8) is 0 Å². The lowest BCUT2D eigenvalue weighted by atomic mass is 10.3. The van der Waals surface area contributed by atoms with Gasteiger partial charge in [-0.3, -0.25) is 10.1 Å². The van der Waals surface area contributed by atoms with Gasteiger partial charge >= 0.3 is 0 Å². The quantitative estimate of drug-likeness (QED) is 0.509. The molecule has 0 aliphatic rings. The molecule has 0 saturated heterocycles. The first kappa shape index (κ1) is 10.4. The van der Waals surface area contributed by atoms with E-state index in [0.29, 0.717) is 11.0 Å². The Balaban J connectivity index is 2.19. The molecule has 0 saturated carbocycles. The van der Waals surface area contributed by atoms with E-state index < -0.39 is 4.92 Å². The number of rotatable bonds is 2. The summed E-state index contributed by atoms with van der Waals surface area (Å²) in [6, 6.07) is 11.0. The van der Waals surface area contributed by atoms with Crippen molar-refractivity contribution in [1.82, 2.24) is 14.8 Å². The third kappa shape index (κ3) is 1.60. The molecule has 2 aromatic heterocycles. The minimum atomic E-state index is -0.466. The summed E-state index contributed by atoms with van der Waals surface area (Å²) in [4.78, 5) is 14.3. The van der Waals surface area contributed by atoms with E-state index in [1.807, 2.05) is 30.3 Å². The fourth-order valence-corrected chi connectivity index (χ4v) is 1.77. The van der Waals surface area contributed by atoms with Crippen LogP contribution in [-0.2, 0) is 0 Å². The molecule has 0 aliphatic carbocycles. The van der Waals surface area contributed by atoms with E-state index >= 15 is 0 Å². The molecular formula is C12H8N4O2. The van der Waals surface area contributed by atoms with Crippen molar-refractivity contribution in [2.45, 2.75) is 0 Å². The van der Waals surface area contributed by atoms with Crippen LogP contribution in [-0.4, -0.2) is 19.7 Å². The van der Waals surface area contributed by atoms with Gasteiger partial charge < -0.3 is 0 Å². The lowest BCUT2D eigenvalue weighted by Gasteiger charge is -2.01. The Labute approximate surface area is 102 Å². The number of nitrogens with zero attached hydrogens (tertiary/aromatic N) is 4. The highest BCUT2D eigenvalue weighted by Gasteiger charge is 2.11. The minimum Gasteiger partial charge on any atom is -0.258 e. The highest BCUT2D eigenvalue weighted by atomic mass is 16.6. The maximum atomic E-state index is 10.7. The van der Waals surface area contributed by atoms with Gasteiger partial charge in [0, 0.05) is 11.5 Å². The van der Waals surface area contributed by atoms with Crippen LogP contribution in [0.1, 0.15) is 0 Å². The SMILES string of the molecule is O=[N+]([O-])c1cnc2c(cnn2-c2ccccc2)c1. The number of pyridine rings is 1. The van der Waals surface area contributed by atoms with E-state index in [0.717, 1.165) is 5.69 Å². The number of aromatic nitrogens is 3. The van der Waals surface area contributed by atoms with Crippen LogP contribution < -0.4 is 0 Å². The second kappa shape index (κ2) is 3.92. The number of hydrogen-bond acceptors (Lipinski definition) is 4. The van der Waals surface area contributed by atoms with Crippen LogP contribution in [0.5, 0.6) is 0 Å². The molecule has 0 fully saturated rings. The summed E-state index contributed by atoms with van der Waals surface area (Å²) < 4.78 is 1.65. The number of hydrogen-bond donors (Lipinski definition) is 0. The molecule has 0 bridgehead atoms. The molecule has 0 N–H and O–H groups in total. The number of nitro groups is 1. The third-order valence-electron chi connectivity index (χ3n) is 2.61. The molecule has 6 heteroatoms. The third-order valence-corrected chi connectivity index (χ3v) is 2.61. The molecule has 0 amide bonds. The molecule has 3 rings (SSSR count). The van der Waals surface area contributed by atoms with Gasteiger partial charge in [-0.2, -0.15) is 5.10 Å². The molecule has 0 aliphatic heterocycles. The smallest absolute Gasteiger partial charge is 0.258 e. The Kier molecular flexibility index (Phi) is 2.26. The summed E-state index contributed by atoms with van der Waals surface area (Å²) in [5.41, 5.74) is 1.44. The predicted octanol–water partition coefficient (Wildman–Crippen LogP) is 2.33. The van der Waals surface area contributed by atoms with E-state index in [4.69, 9.17) is 0 Å². The molecule has 2 heterocycles. The van der Waals surface area contributed by atoms with Gasteiger partial charge in [0.2, 0.25) is 0 Å². The zero-order valence-electron chi connectivity index (χ0n) is 9.22. The average Bonchev–Trinajstić information content (AvgIpc) is 2.82. The molecular weight excluding hydrogens is 232 g/mol. The molecule has 0 atom stereocenters. The molecule has 0 spiro atoms. The van der Waals surface area contributed by atoms with Gasteiger partial charge in [0.25, 0.3) is 5.69 Å². The molecule has 1 aromatic carbocycles. The standard InChI is InChI=1S/C12H8N4O2/c17-16(18)11-6-9-7-14-15(12(9)13-8-11)10-4-2-1-3-5-10/h1-8H. The monoisotopic (exact) mass is 240 g/mol. The summed E-state index contributed by atoms with van der Waals surface area (Å²) in [6.45, 7) is 0. The van der Waals surface area contributed by atoms with Gasteiger partial charge in [-0.05, 0) is 12.1 Å². The van der Waals surface area contributed by atoms with Crippen molar-refractivity contribution in [2.24, 2.45) is 0 Å². The fraction of sp³-hybridized carbons (Fsp3) is 0. The van der Waals surface area contributed by atoms with Gasteiger partial charge in [-0.25, -0.2) is 9.67 Å². The van der Waals surface area contributed by atoms with Crippen molar-refractivity contribution < 1.29 is 4.92 Å². The first-order chi connectivity index (χ1) is 8.75. The molecule has 3 aromatic rings. The van der Waals surface area contributed by atoms with Crippen molar-refractivity contribution in [1.29, 1.82) is 0 Å². The van der Waals surface area contributed by atoms with Crippen LogP contribution in [0.3, 0.4) is 0 Å². The second-order valence-corrected chi connectivity index (χ2v) is 3.76. The molecule has 18 heavy (non-hydrogen) atoms. The van der Waals surface area contributed by atoms with Gasteiger partial charge in [0.05, 0.1) is 16.8 Å². The van der Waals surface area contributed by atoms with E-state index in [1.54, 1.807) is 10.9 Å². The number of fused-ring (bicyclic) bond motifs is 1. The van der Waals surface area contributed by atoms with E-state index in [9.17, 15) is 10.1 Å². The summed E-state index contributed by atoms with van der Waals surface area (Å²) in [5.74, 6) is 0. The summed E-state index contributed by atoms with van der Waals surface area (Å²) >= 11 is 0. The van der Waals surface area contributed by atoms with Gasteiger partial charge in [-0.1, -0.05) is 18.2 Å². The van der Waals surface area contributed by atoms with E-state index in [-0.39, 0.29) is 5.69 Å². The lowest BCUT2D eigenvalue weighted by molar-refractivity contribution is -0.385. The van der Waals surface area contributed by atoms with Crippen molar-refractivity contribution in [2.75, 3.05) is 0 Å². The maximum Gasteiger partial charge on any atom is 0.288 e. The summed E-state index contributed by atoms with van der Waals surface area (Å²) in [7, 11) is 0. The van der Waals surface area contributed by atoms with Crippen LogP contribution in [0.25, 0.3) is 16.7 Å². The van der Waals surface area contributed by atoms with Crippen LogP contribution in [0.2, 0.25) is 0 Å². The Morgan fingerprint density at radius 2 is 1.94 bits per heavy atom. The normalized spacial score (nSPS) is 10.7. The second-order valence-electron chi connectivity index (χ2n) is 3.76. The topological polar surface area (TPSA) is 73.8 Å². The largest absolute Gasteiger partial charge is 0.288 e. The lowest BCUT2D eigenvalue weighted by Crippen LogP contribution is -1.97. The zero-order valence-corrected chi connectivity index (χ0v) is 9.22. The highest BCUT2D eigenvalue weighted by Crippen LogP contribution is 2.20. The minimum absolute atomic E-state index is 0.0323. The van der Waals surface area contributed by atoms with Crippen LogP contribution in [0.4, 0.5) is 5.69 Å². The van der Waals surface area contributed by atoms with Crippen LogP contribution >= 0.6 is 0 Å². The highest BCUT2D eigenvalue weighted by molar-refractivity contribution is 5.78. The van der Waals surface area contributed by atoms with Gasteiger partial charge in [0.15, 0.2) is 5.65 Å². The Morgan fingerprint density at radius 1 is 1.17 bits per heavy atom. The Morgan fingerprint density at radius 3 is 2.67 bits per heavy atom. The average molecular weight is 240 g/mol. The molecule has 0 radical (unpaired) electrons. The fourth-order valence-electron chi connectivity index (χ4n) is 1.77. The molecule has 6 nitrogen and oxygen atoms in total. The van der Waals surface area contributed by atoms with Crippen molar-refractivity contribution >= 4 is 16.7 Å². The van der Waals surface area contributed by atoms with Gasteiger partial charge in [-0.15, -0.1) is 0 Å². The summed E-state index contributed by atoms with van der Waals surface area (Å²) in [5, 5.41) is 15.5. The van der Waals surface area contributed by atoms with Crippen LogP contribution in [0, 0.1) is 10.1 Å². The number of benzene rings is 1. The Hall–Kier alpha value is -2.76. The zero-order chi connectivity index (χ0) is 12.5. The molecule has 0 unspecified atom stereocenters. The Bertz CT molecular complexity index is 721. The summed E-state index contributed by atoms with van der Waals surface area (Å²) in [6.07, 6.45) is 2.81. The first-order valence-corrected chi connectivity index (χ1v) is 5.29. The number of para-hydroxylation sites is 1. The maximum absolute atomic E-state index is 10.7. The van der Waals surface area contributed by atoms with Crippen molar-refractivity contribution in [3.8, 4) is 5.69 Å². The first-order valence-electron chi connectivity index (χ1n) is 5.29.